The van der Waals surface area contributed by atoms with E-state index in [1.807, 2.05) is 12.3 Å². The van der Waals surface area contributed by atoms with Crippen LogP contribution < -0.4 is 5.32 Å². The van der Waals surface area contributed by atoms with Crippen molar-refractivity contribution in [3.63, 3.8) is 0 Å². The number of hydrogen-bond donors (Lipinski definition) is 2. The minimum absolute atomic E-state index is 0.315. The summed E-state index contributed by atoms with van der Waals surface area (Å²) in [5.74, 6) is -0.315. The van der Waals surface area contributed by atoms with Gasteiger partial charge in [0.15, 0.2) is 0 Å². The Bertz CT molecular complexity index is 389. The number of nitrogens with zero attached hydrogens (tertiary/aromatic N) is 1. The predicted molar refractivity (Wildman–Crippen MR) is 64.9 cm³/mol. The molecule has 1 saturated heterocycles. The van der Waals surface area contributed by atoms with Crippen LogP contribution in [0.25, 0.3) is 0 Å². The third-order valence-corrected chi connectivity index (χ3v) is 3.01. The Balaban J connectivity index is 1.94. The molecule has 2 rings (SSSR count). The molecule has 1 aromatic rings. The first kappa shape index (κ1) is 12.1. The maximum Gasteiger partial charge on any atom is 0.354 e. The molecule has 1 fully saturated rings. The van der Waals surface area contributed by atoms with Crippen molar-refractivity contribution in [1.29, 1.82) is 0 Å². The Morgan fingerprint density at radius 2 is 2.47 bits per heavy atom. The molecule has 5 nitrogen and oxygen atoms in total. The molecule has 1 atom stereocenters. The normalized spacial score (nSPS) is 21.4. The topological polar surface area (TPSA) is 57.4 Å². The number of rotatable bonds is 3. The summed E-state index contributed by atoms with van der Waals surface area (Å²) in [6.45, 7) is 6.17. The lowest BCUT2D eigenvalue weighted by molar-refractivity contribution is 0.0594. The molecular formula is C12H19N3O2. The number of carbonyl (C=O) groups excluding carboxylic acids is 1. The van der Waals surface area contributed by atoms with Crippen LogP contribution in [0.15, 0.2) is 12.3 Å². The van der Waals surface area contributed by atoms with E-state index < -0.39 is 0 Å². The highest BCUT2D eigenvalue weighted by atomic mass is 16.5. The largest absolute Gasteiger partial charge is 0.464 e. The molecule has 1 aliphatic rings. The van der Waals surface area contributed by atoms with Crippen LogP contribution in [0.3, 0.4) is 0 Å². The lowest BCUT2D eigenvalue weighted by atomic mass is 10.2. The Kier molecular flexibility index (Phi) is 3.81. The molecule has 17 heavy (non-hydrogen) atoms. The lowest BCUT2D eigenvalue weighted by Gasteiger charge is -2.31. The number of H-pyrrole nitrogens is 1. The van der Waals surface area contributed by atoms with Crippen LogP contribution in [-0.2, 0) is 11.3 Å². The van der Waals surface area contributed by atoms with E-state index in [2.05, 4.69) is 26.9 Å². The second kappa shape index (κ2) is 5.33. The van der Waals surface area contributed by atoms with Gasteiger partial charge in [0.05, 0.1) is 7.11 Å². The summed E-state index contributed by atoms with van der Waals surface area (Å²) < 4.78 is 4.66. The predicted octanol–water partition coefficient (Wildman–Crippen LogP) is 0.595. The lowest BCUT2D eigenvalue weighted by Crippen LogP contribution is -2.48. The smallest absolute Gasteiger partial charge is 0.354 e. The second-order valence-corrected chi connectivity index (χ2v) is 4.50. The van der Waals surface area contributed by atoms with Gasteiger partial charge < -0.3 is 15.0 Å². The minimum atomic E-state index is -0.315. The number of piperazine rings is 1. The SMILES string of the molecule is COC(=O)c1cc(CN2CCNC(C)C2)c[nH]1. The van der Waals surface area contributed by atoms with E-state index in [0.29, 0.717) is 11.7 Å². The molecule has 1 unspecified atom stereocenters. The van der Waals surface area contributed by atoms with Gasteiger partial charge in [0.2, 0.25) is 0 Å². The zero-order valence-electron chi connectivity index (χ0n) is 10.3. The number of ether oxygens (including phenoxy) is 1. The van der Waals surface area contributed by atoms with Crippen molar-refractivity contribution in [2.75, 3.05) is 26.7 Å². The van der Waals surface area contributed by atoms with Gasteiger partial charge in [-0.25, -0.2) is 4.79 Å². The van der Waals surface area contributed by atoms with Crippen molar-refractivity contribution in [3.8, 4) is 0 Å². The fourth-order valence-electron chi connectivity index (χ4n) is 2.17. The van der Waals surface area contributed by atoms with E-state index >= 15 is 0 Å². The van der Waals surface area contributed by atoms with Crippen LogP contribution in [-0.4, -0.2) is 48.6 Å². The Hall–Kier alpha value is -1.33. The summed E-state index contributed by atoms with van der Waals surface area (Å²) in [6, 6.07) is 2.39. The highest BCUT2D eigenvalue weighted by Gasteiger charge is 2.16. The fraction of sp³-hybridized carbons (Fsp3) is 0.583. The molecule has 0 radical (unpaired) electrons. The van der Waals surface area contributed by atoms with Crippen LogP contribution in [0.2, 0.25) is 0 Å². The maximum absolute atomic E-state index is 11.3. The first-order valence-electron chi connectivity index (χ1n) is 5.90. The molecule has 94 valence electrons. The number of aromatic amines is 1. The van der Waals surface area contributed by atoms with E-state index in [1.54, 1.807) is 0 Å². The number of methoxy groups -OCH3 is 1. The second-order valence-electron chi connectivity index (χ2n) is 4.50. The first-order chi connectivity index (χ1) is 8.19. The van der Waals surface area contributed by atoms with Crippen LogP contribution in [0.4, 0.5) is 0 Å². The van der Waals surface area contributed by atoms with Crippen LogP contribution >= 0.6 is 0 Å². The van der Waals surface area contributed by atoms with Gasteiger partial charge >= 0.3 is 5.97 Å². The van der Waals surface area contributed by atoms with E-state index in [9.17, 15) is 4.79 Å². The fourth-order valence-corrected chi connectivity index (χ4v) is 2.17. The molecule has 0 bridgehead atoms. The van der Waals surface area contributed by atoms with Gasteiger partial charge in [-0.05, 0) is 18.6 Å². The molecule has 0 aromatic carbocycles. The number of aromatic nitrogens is 1. The van der Waals surface area contributed by atoms with Crippen LogP contribution in [0.1, 0.15) is 23.0 Å². The molecular weight excluding hydrogens is 218 g/mol. The number of carbonyl (C=O) groups is 1. The summed E-state index contributed by atoms with van der Waals surface area (Å²) >= 11 is 0. The summed E-state index contributed by atoms with van der Waals surface area (Å²) in [6.07, 6.45) is 1.87. The van der Waals surface area contributed by atoms with Gasteiger partial charge in [-0.1, -0.05) is 0 Å². The first-order valence-corrected chi connectivity index (χ1v) is 5.90. The van der Waals surface area contributed by atoms with E-state index in [4.69, 9.17) is 0 Å². The highest BCUT2D eigenvalue weighted by molar-refractivity contribution is 5.87. The zero-order valence-corrected chi connectivity index (χ0v) is 10.3. The van der Waals surface area contributed by atoms with Gasteiger partial charge in [0, 0.05) is 38.4 Å². The van der Waals surface area contributed by atoms with Crippen molar-refractivity contribution < 1.29 is 9.53 Å². The molecule has 0 amide bonds. The highest BCUT2D eigenvalue weighted by Crippen LogP contribution is 2.10. The molecule has 1 aromatic heterocycles. The summed E-state index contributed by atoms with van der Waals surface area (Å²) in [7, 11) is 1.39. The molecule has 5 heteroatoms. The summed E-state index contributed by atoms with van der Waals surface area (Å²) in [5.41, 5.74) is 1.64. The summed E-state index contributed by atoms with van der Waals surface area (Å²) in [5, 5.41) is 3.41. The molecule has 0 spiro atoms. The van der Waals surface area contributed by atoms with Crippen LogP contribution in [0, 0.1) is 0 Å². The molecule has 1 aliphatic heterocycles. The third-order valence-electron chi connectivity index (χ3n) is 3.01. The Morgan fingerprint density at radius 1 is 1.65 bits per heavy atom. The van der Waals surface area contributed by atoms with Crippen molar-refractivity contribution in [2.24, 2.45) is 0 Å². The van der Waals surface area contributed by atoms with Gasteiger partial charge in [-0.2, -0.15) is 0 Å². The molecule has 0 aliphatic carbocycles. The van der Waals surface area contributed by atoms with Gasteiger partial charge in [-0.15, -0.1) is 0 Å². The van der Waals surface area contributed by atoms with Crippen molar-refractivity contribution in [1.82, 2.24) is 15.2 Å². The third kappa shape index (κ3) is 3.08. The Morgan fingerprint density at radius 3 is 3.18 bits per heavy atom. The maximum atomic E-state index is 11.3. The average molecular weight is 237 g/mol. The van der Waals surface area contributed by atoms with E-state index in [0.717, 1.165) is 31.7 Å². The Labute approximate surface area is 101 Å². The monoisotopic (exact) mass is 237 g/mol. The average Bonchev–Trinajstić information content (AvgIpc) is 2.76. The van der Waals surface area contributed by atoms with Crippen molar-refractivity contribution >= 4 is 5.97 Å². The van der Waals surface area contributed by atoms with Crippen LogP contribution in [0.5, 0.6) is 0 Å². The number of esters is 1. The molecule has 2 heterocycles. The zero-order chi connectivity index (χ0) is 12.3. The molecule has 2 N–H and O–H groups in total. The van der Waals surface area contributed by atoms with E-state index in [1.165, 1.54) is 7.11 Å². The quantitative estimate of drug-likeness (QED) is 0.756. The standard InChI is InChI=1S/C12H19N3O2/c1-9-7-15(4-3-13-9)8-10-5-11(14-6-10)12(16)17-2/h5-6,9,13-14H,3-4,7-8H2,1-2H3. The molecule has 0 saturated carbocycles. The van der Waals surface area contributed by atoms with Gasteiger partial charge in [0.1, 0.15) is 5.69 Å². The minimum Gasteiger partial charge on any atom is -0.464 e. The van der Waals surface area contributed by atoms with Crippen molar-refractivity contribution in [3.05, 3.63) is 23.5 Å². The van der Waals surface area contributed by atoms with Crippen molar-refractivity contribution in [2.45, 2.75) is 19.5 Å². The number of hydrogen-bond acceptors (Lipinski definition) is 4. The van der Waals surface area contributed by atoms with E-state index in [-0.39, 0.29) is 5.97 Å². The summed E-state index contributed by atoms with van der Waals surface area (Å²) in [4.78, 5) is 16.6. The number of nitrogens with one attached hydrogen (secondary N) is 2. The van der Waals surface area contributed by atoms with Gasteiger partial charge in [-0.3, -0.25) is 4.90 Å². The van der Waals surface area contributed by atoms with Gasteiger partial charge in [0.25, 0.3) is 0 Å².